The van der Waals surface area contributed by atoms with Crippen LogP contribution in [0.3, 0.4) is 0 Å². The largest absolute Gasteiger partial charge is 0.455 e. The van der Waals surface area contributed by atoms with E-state index in [0.29, 0.717) is 0 Å². The number of nitrogens with zero attached hydrogens (tertiary/aromatic N) is 2. The highest BCUT2D eigenvalue weighted by molar-refractivity contribution is 6.81. The summed E-state index contributed by atoms with van der Waals surface area (Å²) in [4.78, 5) is 2.32. The van der Waals surface area contributed by atoms with Gasteiger partial charge < -0.3 is 9.23 Å². The molecule has 3 nitrogen and oxygen atoms in total. The molecular weight excluding hydrogens is 343 g/mol. The molecule has 0 radical (unpaired) electrons. The fraction of sp³-hybridized carbons (Fsp3) is 0.125. The van der Waals surface area contributed by atoms with E-state index in [4.69, 9.17) is 4.42 Å². The Bertz CT molecular complexity index is 1210. The van der Waals surface area contributed by atoms with E-state index in [1.165, 1.54) is 22.3 Å². The van der Waals surface area contributed by atoms with Crippen LogP contribution >= 0.6 is 0 Å². The Kier molecular flexibility index (Phi) is 3.87. The zero-order valence-corrected chi connectivity index (χ0v) is 16.4. The van der Waals surface area contributed by atoms with Crippen molar-refractivity contribution >= 4 is 35.2 Å². The van der Waals surface area contributed by atoms with Crippen LogP contribution in [0.1, 0.15) is 11.3 Å². The molecule has 0 unspecified atom stereocenters. The average molecular weight is 365 g/mol. The van der Waals surface area contributed by atoms with E-state index < -0.39 is 0 Å². The number of rotatable bonds is 2. The third-order valence-corrected chi connectivity index (χ3v) is 5.70. The molecule has 0 bridgehead atoms. The monoisotopic (exact) mass is 365 g/mol. The quantitative estimate of drug-likeness (QED) is 0.393. The number of hydrogen-bond acceptors (Lipinski definition) is 2. The Morgan fingerprint density at radius 3 is 2.57 bits per heavy atom. The second-order valence-corrected chi connectivity index (χ2v) is 7.50. The van der Waals surface area contributed by atoms with Gasteiger partial charge in [-0.15, -0.1) is 0 Å². The molecule has 5 rings (SSSR count). The van der Waals surface area contributed by atoms with Gasteiger partial charge in [0.05, 0.1) is 5.69 Å². The maximum atomic E-state index is 6.04. The second-order valence-electron chi connectivity index (χ2n) is 7.50. The zero-order chi connectivity index (χ0) is 19.3. The summed E-state index contributed by atoms with van der Waals surface area (Å²) < 4.78 is 8.28. The molecule has 0 amide bonds. The van der Waals surface area contributed by atoms with Gasteiger partial charge in [-0.1, -0.05) is 48.4 Å². The molecule has 0 saturated heterocycles. The highest BCUT2D eigenvalue weighted by Gasteiger charge is 2.35. The van der Waals surface area contributed by atoms with Crippen LogP contribution in [-0.2, 0) is 7.05 Å². The molecule has 3 heterocycles. The number of aromatic nitrogens is 1. The van der Waals surface area contributed by atoms with Gasteiger partial charge in [0.2, 0.25) is 0 Å². The molecule has 0 fully saturated rings. The molecule has 1 aliphatic heterocycles. The number of furan rings is 1. The molecule has 2 aromatic heterocycles. The summed E-state index contributed by atoms with van der Waals surface area (Å²) in [6, 6.07) is 21.1. The van der Waals surface area contributed by atoms with Gasteiger partial charge in [0.25, 0.3) is 0 Å². The van der Waals surface area contributed by atoms with Crippen LogP contribution in [0.15, 0.2) is 77.3 Å². The first kappa shape index (κ1) is 16.9. The molecule has 0 N–H and O–H groups in total. The maximum Gasteiger partial charge on any atom is 0.396 e. The lowest BCUT2D eigenvalue weighted by Gasteiger charge is -2.26. The minimum atomic E-state index is 0.155. The normalized spacial score (nSPS) is 13.2. The second kappa shape index (κ2) is 6.41. The van der Waals surface area contributed by atoms with Crippen LogP contribution in [0.2, 0.25) is 0 Å². The minimum absolute atomic E-state index is 0.155. The summed E-state index contributed by atoms with van der Waals surface area (Å²) in [5.74, 6) is 3.15. The molecule has 0 saturated carbocycles. The molecule has 0 spiro atoms. The fourth-order valence-corrected chi connectivity index (χ4v) is 4.26. The number of benzene rings is 2. The molecule has 0 aliphatic carbocycles. The summed E-state index contributed by atoms with van der Waals surface area (Å²) in [5, 5.41) is 1.16. The Labute approximate surface area is 165 Å². The van der Waals surface area contributed by atoms with Gasteiger partial charge in [-0.2, -0.15) is 0 Å². The van der Waals surface area contributed by atoms with Crippen molar-refractivity contribution in [1.82, 2.24) is 0 Å². The number of hydrogen-bond donors (Lipinski definition) is 0. The Balaban J connectivity index is 1.60. The van der Waals surface area contributed by atoms with Gasteiger partial charge in [0, 0.05) is 17.0 Å². The molecule has 4 aromatic rings. The lowest BCUT2D eigenvalue weighted by Crippen LogP contribution is -2.60. The van der Waals surface area contributed by atoms with Crippen molar-refractivity contribution < 1.29 is 8.98 Å². The van der Waals surface area contributed by atoms with E-state index in [1.54, 1.807) is 0 Å². The van der Waals surface area contributed by atoms with Crippen LogP contribution < -0.4 is 15.0 Å². The van der Waals surface area contributed by atoms with Crippen LogP contribution in [0, 0.1) is 6.92 Å². The van der Waals surface area contributed by atoms with E-state index in [-0.39, 0.29) is 6.85 Å². The third-order valence-electron chi connectivity index (χ3n) is 5.70. The maximum absolute atomic E-state index is 6.04. The summed E-state index contributed by atoms with van der Waals surface area (Å²) in [7, 11) is 4.28. The van der Waals surface area contributed by atoms with Gasteiger partial charge in [-0.25, -0.2) is 4.57 Å². The van der Waals surface area contributed by atoms with Gasteiger partial charge >= 0.3 is 6.85 Å². The summed E-state index contributed by atoms with van der Waals surface area (Å²) >= 11 is 0. The van der Waals surface area contributed by atoms with E-state index in [9.17, 15) is 0 Å². The van der Waals surface area contributed by atoms with E-state index >= 15 is 0 Å². The van der Waals surface area contributed by atoms with Crippen LogP contribution in [-0.4, -0.2) is 13.9 Å². The highest BCUT2D eigenvalue weighted by Crippen LogP contribution is 2.37. The number of fused-ring (bicyclic) bond motifs is 3. The SMILES string of the molecule is Cc1cc(B2C=Cc3oc4ccccc4c3N2C)[n+](C)cc1-c1ccccc1. The average Bonchev–Trinajstić information content (AvgIpc) is 3.10. The lowest BCUT2D eigenvalue weighted by atomic mass is 9.55. The Hall–Kier alpha value is -3.27. The molecule has 4 heteroatoms. The third kappa shape index (κ3) is 2.56. The van der Waals surface area contributed by atoms with Gasteiger partial charge in [0.1, 0.15) is 18.4 Å². The van der Waals surface area contributed by atoms with Gasteiger partial charge in [-0.05, 0) is 43.3 Å². The Morgan fingerprint density at radius 1 is 1.00 bits per heavy atom. The van der Waals surface area contributed by atoms with E-state index in [1.807, 2.05) is 12.1 Å². The molecule has 136 valence electrons. The first-order valence-electron chi connectivity index (χ1n) is 9.61. The van der Waals surface area contributed by atoms with Crippen molar-refractivity contribution in [2.45, 2.75) is 6.92 Å². The minimum Gasteiger partial charge on any atom is -0.455 e. The summed E-state index contributed by atoms with van der Waals surface area (Å²) in [6.07, 6.45) is 4.35. The highest BCUT2D eigenvalue weighted by atomic mass is 16.3. The van der Waals surface area contributed by atoms with Gasteiger partial charge in [0.15, 0.2) is 11.8 Å². The van der Waals surface area contributed by atoms with Crippen LogP contribution in [0.25, 0.3) is 28.2 Å². The molecular formula is C24H22BN2O+. The Morgan fingerprint density at radius 2 is 1.75 bits per heavy atom. The summed E-state index contributed by atoms with van der Waals surface area (Å²) in [5.41, 5.74) is 7.15. The van der Waals surface area contributed by atoms with Crippen molar-refractivity contribution in [2.24, 2.45) is 7.05 Å². The zero-order valence-electron chi connectivity index (χ0n) is 16.4. The first-order valence-corrected chi connectivity index (χ1v) is 9.61. The number of anilines is 1. The standard InChI is InChI=1S/C24H22BN2O/c1-17-15-23(26(2)16-20(17)18-9-5-4-6-10-18)25-14-13-22-24(27(25)3)19-11-7-8-12-21(19)28-22/h4-16H,1-3H3/q+1. The smallest absolute Gasteiger partial charge is 0.396 e. The van der Waals surface area contributed by atoms with Crippen LogP contribution in [0.4, 0.5) is 5.69 Å². The first-order chi connectivity index (χ1) is 13.6. The lowest BCUT2D eigenvalue weighted by molar-refractivity contribution is -0.653. The van der Waals surface area contributed by atoms with Crippen molar-refractivity contribution in [3.8, 4) is 11.1 Å². The molecule has 1 aliphatic rings. The topological polar surface area (TPSA) is 20.3 Å². The number of para-hydroxylation sites is 1. The van der Waals surface area contributed by atoms with Crippen molar-refractivity contribution in [1.29, 1.82) is 0 Å². The number of pyridine rings is 1. The predicted octanol–water partition coefficient (Wildman–Crippen LogP) is 4.13. The van der Waals surface area contributed by atoms with Crippen molar-refractivity contribution in [2.75, 3.05) is 11.9 Å². The molecule has 2 aromatic carbocycles. The van der Waals surface area contributed by atoms with Crippen molar-refractivity contribution in [3.63, 3.8) is 0 Å². The van der Waals surface area contributed by atoms with E-state index in [0.717, 1.165) is 22.4 Å². The van der Waals surface area contributed by atoms with Crippen LogP contribution in [0.5, 0.6) is 0 Å². The van der Waals surface area contributed by atoms with Gasteiger partial charge in [-0.3, -0.25) is 0 Å². The van der Waals surface area contributed by atoms with E-state index in [2.05, 4.69) is 97.2 Å². The molecule has 28 heavy (non-hydrogen) atoms. The summed E-state index contributed by atoms with van der Waals surface area (Å²) in [6.45, 7) is 2.35. The predicted molar refractivity (Wildman–Crippen MR) is 117 cm³/mol. The fourth-order valence-electron chi connectivity index (χ4n) is 4.26. The molecule has 0 atom stereocenters. The number of aryl methyl sites for hydroxylation is 2. The van der Waals surface area contributed by atoms with Crippen molar-refractivity contribution in [3.05, 3.63) is 84.2 Å².